The minimum absolute atomic E-state index is 0.858. The highest BCUT2D eigenvalue weighted by Crippen LogP contribution is 2.19. The molecule has 4 heteroatoms. The number of nitrogens with zero attached hydrogens (tertiary/aromatic N) is 2. The molecule has 78 valence electrons. The summed E-state index contributed by atoms with van der Waals surface area (Å²) in [6, 6.07) is 2.10. The van der Waals surface area contributed by atoms with E-state index in [2.05, 4.69) is 39.2 Å². The van der Waals surface area contributed by atoms with Crippen LogP contribution >= 0.6 is 15.9 Å². The Labute approximate surface area is 93.7 Å². The average molecular weight is 258 g/mol. The fourth-order valence-electron chi connectivity index (χ4n) is 1.27. The molecule has 0 saturated carbocycles. The number of anilines is 1. The van der Waals surface area contributed by atoms with Crippen LogP contribution in [0.15, 0.2) is 16.7 Å². The molecule has 0 aromatic carbocycles. The van der Waals surface area contributed by atoms with Gasteiger partial charge in [-0.15, -0.1) is 0 Å². The van der Waals surface area contributed by atoms with Crippen molar-refractivity contribution in [2.45, 2.75) is 13.5 Å². The van der Waals surface area contributed by atoms with Crippen LogP contribution < -0.4 is 10.2 Å². The zero-order valence-electron chi connectivity index (χ0n) is 8.84. The van der Waals surface area contributed by atoms with Gasteiger partial charge in [0.1, 0.15) is 5.82 Å². The van der Waals surface area contributed by atoms with Gasteiger partial charge in [0, 0.05) is 36.9 Å². The fraction of sp³-hybridized carbons (Fsp3) is 0.500. The Hall–Kier alpha value is -0.610. The Morgan fingerprint density at radius 1 is 1.50 bits per heavy atom. The van der Waals surface area contributed by atoms with Gasteiger partial charge in [-0.3, -0.25) is 0 Å². The smallest absolute Gasteiger partial charge is 0.132 e. The van der Waals surface area contributed by atoms with Crippen LogP contribution in [0.1, 0.15) is 12.5 Å². The number of halogens is 1. The van der Waals surface area contributed by atoms with Crippen molar-refractivity contribution in [1.82, 2.24) is 10.3 Å². The summed E-state index contributed by atoms with van der Waals surface area (Å²) in [6.07, 6.45) is 1.82. The van der Waals surface area contributed by atoms with Gasteiger partial charge >= 0.3 is 0 Å². The molecule has 0 spiro atoms. The van der Waals surface area contributed by atoms with E-state index in [0.29, 0.717) is 0 Å². The maximum atomic E-state index is 4.37. The van der Waals surface area contributed by atoms with Crippen molar-refractivity contribution in [3.05, 3.63) is 22.3 Å². The Bertz CT molecular complexity index is 299. The van der Waals surface area contributed by atoms with Crippen molar-refractivity contribution in [3.8, 4) is 0 Å². The molecule has 1 aromatic rings. The van der Waals surface area contributed by atoms with Gasteiger partial charge in [0.15, 0.2) is 0 Å². The number of hydrogen-bond acceptors (Lipinski definition) is 3. The summed E-state index contributed by atoms with van der Waals surface area (Å²) < 4.78 is 1.02. The summed E-state index contributed by atoms with van der Waals surface area (Å²) in [5.41, 5.74) is 1.21. The molecule has 1 rings (SSSR count). The molecule has 0 saturated heterocycles. The number of rotatable bonds is 4. The first kappa shape index (κ1) is 11.5. The summed E-state index contributed by atoms with van der Waals surface area (Å²) in [4.78, 5) is 6.40. The van der Waals surface area contributed by atoms with Gasteiger partial charge in [0.2, 0.25) is 0 Å². The van der Waals surface area contributed by atoms with Crippen LogP contribution in [0.2, 0.25) is 0 Å². The molecular weight excluding hydrogens is 242 g/mol. The lowest BCUT2D eigenvalue weighted by Crippen LogP contribution is -2.18. The van der Waals surface area contributed by atoms with E-state index in [4.69, 9.17) is 0 Å². The summed E-state index contributed by atoms with van der Waals surface area (Å²) in [5, 5.41) is 3.30. The van der Waals surface area contributed by atoms with Crippen molar-refractivity contribution in [3.63, 3.8) is 0 Å². The van der Waals surface area contributed by atoms with Gasteiger partial charge in [-0.1, -0.05) is 6.92 Å². The van der Waals surface area contributed by atoms with E-state index in [1.165, 1.54) is 5.56 Å². The van der Waals surface area contributed by atoms with E-state index in [1.54, 1.807) is 0 Å². The van der Waals surface area contributed by atoms with Crippen molar-refractivity contribution >= 4 is 21.7 Å². The normalized spacial score (nSPS) is 10.3. The molecule has 1 N–H and O–H groups in total. The van der Waals surface area contributed by atoms with Gasteiger partial charge in [-0.05, 0) is 28.5 Å². The minimum Gasteiger partial charge on any atom is -0.362 e. The molecule has 1 heterocycles. The van der Waals surface area contributed by atoms with Gasteiger partial charge in [-0.2, -0.15) is 0 Å². The van der Waals surface area contributed by atoms with Crippen molar-refractivity contribution < 1.29 is 0 Å². The van der Waals surface area contributed by atoms with E-state index >= 15 is 0 Å². The van der Waals surface area contributed by atoms with Gasteiger partial charge in [0.25, 0.3) is 0 Å². The topological polar surface area (TPSA) is 28.2 Å². The zero-order chi connectivity index (χ0) is 10.6. The molecule has 0 aliphatic rings. The number of hydrogen-bond donors (Lipinski definition) is 1. The van der Waals surface area contributed by atoms with Crippen LogP contribution in [0, 0.1) is 0 Å². The molecule has 14 heavy (non-hydrogen) atoms. The van der Waals surface area contributed by atoms with Crippen molar-refractivity contribution in [2.24, 2.45) is 0 Å². The highest BCUT2D eigenvalue weighted by molar-refractivity contribution is 9.10. The van der Waals surface area contributed by atoms with E-state index in [-0.39, 0.29) is 0 Å². The van der Waals surface area contributed by atoms with Crippen LogP contribution in [0.25, 0.3) is 0 Å². The summed E-state index contributed by atoms with van der Waals surface area (Å²) >= 11 is 3.43. The molecule has 0 radical (unpaired) electrons. The Morgan fingerprint density at radius 2 is 2.21 bits per heavy atom. The molecule has 0 amide bonds. The molecule has 0 bridgehead atoms. The largest absolute Gasteiger partial charge is 0.362 e. The Kier molecular flexibility index (Phi) is 4.35. The summed E-state index contributed by atoms with van der Waals surface area (Å²) in [6.45, 7) is 3.93. The highest BCUT2D eigenvalue weighted by atomic mass is 79.9. The second kappa shape index (κ2) is 5.32. The summed E-state index contributed by atoms with van der Waals surface area (Å²) in [7, 11) is 4.01. The molecule has 0 fully saturated rings. The maximum absolute atomic E-state index is 4.37. The summed E-state index contributed by atoms with van der Waals surface area (Å²) in [5.74, 6) is 1.02. The molecule has 0 aliphatic carbocycles. The van der Waals surface area contributed by atoms with Crippen LogP contribution in [-0.4, -0.2) is 25.6 Å². The van der Waals surface area contributed by atoms with E-state index in [9.17, 15) is 0 Å². The lowest BCUT2D eigenvalue weighted by atomic mass is 10.2. The third-order valence-corrected chi connectivity index (χ3v) is 2.33. The zero-order valence-corrected chi connectivity index (χ0v) is 10.4. The van der Waals surface area contributed by atoms with Gasteiger partial charge in [0.05, 0.1) is 0 Å². The first-order valence-electron chi connectivity index (χ1n) is 4.67. The number of aromatic nitrogens is 1. The molecule has 0 atom stereocenters. The van der Waals surface area contributed by atoms with Crippen LogP contribution in [-0.2, 0) is 6.54 Å². The van der Waals surface area contributed by atoms with Crippen molar-refractivity contribution in [1.29, 1.82) is 0 Å². The van der Waals surface area contributed by atoms with Crippen molar-refractivity contribution in [2.75, 3.05) is 25.5 Å². The molecular formula is C10H16BrN3. The van der Waals surface area contributed by atoms with Gasteiger partial charge < -0.3 is 10.2 Å². The number of nitrogens with one attached hydrogen (secondary N) is 1. The predicted octanol–water partition coefficient (Wildman–Crippen LogP) is 2.02. The predicted molar refractivity (Wildman–Crippen MR) is 63.6 cm³/mol. The fourth-order valence-corrected chi connectivity index (χ4v) is 1.65. The van der Waals surface area contributed by atoms with Crippen LogP contribution in [0.5, 0.6) is 0 Å². The lowest BCUT2D eigenvalue weighted by molar-refractivity contribution is 0.722. The molecule has 3 nitrogen and oxygen atoms in total. The standard InChI is InChI=1S/C10H16BrN3/c1-4-12-6-8-5-9(11)7-13-10(8)14(2)3/h5,7,12H,4,6H2,1-3H3. The first-order valence-corrected chi connectivity index (χ1v) is 5.47. The monoisotopic (exact) mass is 257 g/mol. The van der Waals surface area contributed by atoms with E-state index < -0.39 is 0 Å². The third-order valence-electron chi connectivity index (χ3n) is 1.90. The average Bonchev–Trinajstić information content (AvgIpc) is 2.14. The van der Waals surface area contributed by atoms with E-state index in [1.807, 2.05) is 25.2 Å². The molecule has 0 aliphatic heterocycles. The van der Waals surface area contributed by atoms with E-state index in [0.717, 1.165) is 23.4 Å². The van der Waals surface area contributed by atoms with Gasteiger partial charge in [-0.25, -0.2) is 4.98 Å². The first-order chi connectivity index (χ1) is 6.65. The number of pyridine rings is 1. The second-order valence-corrected chi connectivity index (χ2v) is 4.23. The van der Waals surface area contributed by atoms with Crippen LogP contribution in [0.4, 0.5) is 5.82 Å². The minimum atomic E-state index is 0.858. The maximum Gasteiger partial charge on any atom is 0.132 e. The molecule has 0 unspecified atom stereocenters. The Morgan fingerprint density at radius 3 is 2.79 bits per heavy atom. The SMILES string of the molecule is CCNCc1cc(Br)cnc1N(C)C. The highest BCUT2D eigenvalue weighted by Gasteiger charge is 2.05. The molecule has 1 aromatic heterocycles. The Balaban J connectivity index is 2.91. The third kappa shape index (κ3) is 2.96. The second-order valence-electron chi connectivity index (χ2n) is 3.31. The quantitative estimate of drug-likeness (QED) is 0.895. The lowest BCUT2D eigenvalue weighted by Gasteiger charge is -2.16. The van der Waals surface area contributed by atoms with Crippen LogP contribution in [0.3, 0.4) is 0 Å².